The zero-order valence-electron chi connectivity index (χ0n) is 32.4. The molecule has 56 heavy (non-hydrogen) atoms. The van der Waals surface area contributed by atoms with Gasteiger partial charge in [0.1, 0.15) is 11.6 Å². The normalized spacial score (nSPS) is 19.3. The van der Waals surface area contributed by atoms with E-state index in [0.29, 0.717) is 37.3 Å². The molecule has 2 aliphatic heterocycles. The van der Waals surface area contributed by atoms with Gasteiger partial charge in [0.25, 0.3) is 11.8 Å². The van der Waals surface area contributed by atoms with E-state index in [9.17, 15) is 38.2 Å². The Kier molecular flexibility index (Phi) is 19.5. The fourth-order valence-electron chi connectivity index (χ4n) is 6.32. The zero-order chi connectivity index (χ0) is 42.6. The average Bonchev–Trinajstić information content (AvgIpc) is 3.74. The van der Waals surface area contributed by atoms with Crippen LogP contribution in [-0.2, 0) is 9.59 Å². The minimum atomic E-state index is -2.27. The van der Waals surface area contributed by atoms with Gasteiger partial charge in [0.2, 0.25) is 0 Å². The third-order valence-corrected chi connectivity index (χ3v) is 10.3. The highest BCUT2D eigenvalue weighted by Gasteiger charge is 2.32. The molecule has 2 aromatic carbocycles. The lowest BCUT2D eigenvalue weighted by Crippen LogP contribution is -2.47. The summed E-state index contributed by atoms with van der Waals surface area (Å²) in [6.07, 6.45) is -3.56. The molecular formula is C38H54Cl2F2N4O10. The summed E-state index contributed by atoms with van der Waals surface area (Å²) in [5.41, 5.74) is 0.616. The molecule has 2 unspecified atom stereocenters. The summed E-state index contributed by atoms with van der Waals surface area (Å²) in [6.45, 7) is 12.6. The fourth-order valence-corrected chi connectivity index (χ4v) is 6.82. The number of aliphatic carboxylic acids is 2. The number of amides is 2. The number of carbonyl (C=O) groups is 4. The van der Waals surface area contributed by atoms with Crippen LogP contribution in [0.15, 0.2) is 36.4 Å². The van der Waals surface area contributed by atoms with Crippen molar-refractivity contribution in [2.45, 2.75) is 77.0 Å². The molecule has 0 aromatic heterocycles. The predicted molar refractivity (Wildman–Crippen MR) is 206 cm³/mol. The highest BCUT2D eigenvalue weighted by Crippen LogP contribution is 2.24. The van der Waals surface area contributed by atoms with Crippen LogP contribution in [0.2, 0.25) is 10.0 Å². The average molecular weight is 836 g/mol. The number of likely N-dealkylation sites (tertiary alicyclic amines) is 2. The quantitative estimate of drug-likeness (QED) is 0.173. The lowest BCUT2D eigenvalue weighted by molar-refractivity contribution is -0.165. The maximum atomic E-state index is 13.2. The summed E-state index contributed by atoms with van der Waals surface area (Å²) >= 11 is 12.0. The zero-order valence-corrected chi connectivity index (χ0v) is 33.9. The Bertz CT molecular complexity index is 1520. The van der Waals surface area contributed by atoms with E-state index in [2.05, 4.69) is 37.5 Å². The van der Waals surface area contributed by atoms with Crippen molar-refractivity contribution in [2.24, 2.45) is 11.8 Å². The second-order valence-electron chi connectivity index (χ2n) is 14.7. The van der Waals surface area contributed by atoms with E-state index < -0.39 is 35.8 Å². The Morgan fingerprint density at radius 2 is 1.02 bits per heavy atom. The molecule has 2 amide bonds. The highest BCUT2D eigenvalue weighted by molar-refractivity contribution is 6.34. The Morgan fingerprint density at radius 3 is 1.25 bits per heavy atom. The largest absolute Gasteiger partial charge is 0.479 e. The lowest BCUT2D eigenvalue weighted by Gasteiger charge is -2.34. The van der Waals surface area contributed by atoms with Gasteiger partial charge in [-0.2, -0.15) is 0 Å². The molecule has 2 fully saturated rings. The van der Waals surface area contributed by atoms with E-state index >= 15 is 0 Å². The number of carbonyl (C=O) groups excluding carboxylic acids is 2. The number of aliphatic hydroxyl groups excluding tert-OH is 4. The number of benzene rings is 2. The van der Waals surface area contributed by atoms with Crippen molar-refractivity contribution in [3.05, 3.63) is 69.2 Å². The molecule has 18 heteroatoms. The van der Waals surface area contributed by atoms with Gasteiger partial charge in [0.15, 0.2) is 12.2 Å². The van der Waals surface area contributed by atoms with E-state index in [0.717, 1.165) is 38.1 Å². The molecule has 2 saturated heterocycles. The molecule has 2 heterocycles. The Balaban J connectivity index is 0.000000314. The topological polar surface area (TPSA) is 203 Å². The van der Waals surface area contributed by atoms with Crippen molar-refractivity contribution in [3.63, 3.8) is 0 Å². The first-order valence-corrected chi connectivity index (χ1v) is 18.9. The second-order valence-corrected chi connectivity index (χ2v) is 15.5. The highest BCUT2D eigenvalue weighted by atomic mass is 35.5. The fraction of sp³-hybridized carbons (Fsp3) is 0.579. The molecule has 14 nitrogen and oxygen atoms in total. The Morgan fingerprint density at radius 1 is 0.696 bits per heavy atom. The van der Waals surface area contributed by atoms with Crippen LogP contribution >= 0.6 is 23.2 Å². The molecular weight excluding hydrogens is 781 g/mol. The molecule has 6 atom stereocenters. The minimum absolute atomic E-state index is 0.00563. The number of likely N-dealkylation sites (N-methyl/N-ethyl adjacent to an activating group) is 2. The van der Waals surface area contributed by atoms with Crippen LogP contribution in [0.1, 0.15) is 61.3 Å². The minimum Gasteiger partial charge on any atom is -0.479 e. The molecule has 4 rings (SSSR count). The van der Waals surface area contributed by atoms with Crippen LogP contribution in [-0.4, -0.2) is 164 Å². The van der Waals surface area contributed by atoms with Crippen LogP contribution < -0.4 is 0 Å². The van der Waals surface area contributed by atoms with Crippen molar-refractivity contribution < 1.29 is 58.6 Å². The van der Waals surface area contributed by atoms with Crippen LogP contribution in [0, 0.1) is 23.5 Å². The number of aliphatic hydroxyl groups is 4. The third kappa shape index (κ3) is 14.5. The van der Waals surface area contributed by atoms with Crippen molar-refractivity contribution in [3.8, 4) is 0 Å². The molecule has 2 aromatic rings. The molecule has 0 bridgehead atoms. The van der Waals surface area contributed by atoms with Gasteiger partial charge >= 0.3 is 11.9 Å². The summed E-state index contributed by atoms with van der Waals surface area (Å²) in [5, 5.41) is 52.1. The van der Waals surface area contributed by atoms with Gasteiger partial charge in [-0.3, -0.25) is 19.4 Å². The van der Waals surface area contributed by atoms with Crippen LogP contribution in [0.5, 0.6) is 0 Å². The van der Waals surface area contributed by atoms with Crippen molar-refractivity contribution in [2.75, 3.05) is 53.4 Å². The number of hydrogen-bond acceptors (Lipinski definition) is 10. The van der Waals surface area contributed by atoms with Crippen LogP contribution in [0.3, 0.4) is 0 Å². The van der Waals surface area contributed by atoms with Crippen molar-refractivity contribution >= 4 is 47.0 Å². The number of halogens is 4. The smallest absolute Gasteiger partial charge is 0.335 e. The number of rotatable bonds is 13. The third-order valence-electron chi connectivity index (χ3n) is 9.69. The molecule has 0 radical (unpaired) electrons. The van der Waals surface area contributed by atoms with E-state index in [4.69, 9.17) is 43.6 Å². The van der Waals surface area contributed by atoms with Gasteiger partial charge in [0, 0.05) is 65.4 Å². The van der Waals surface area contributed by atoms with Gasteiger partial charge in [-0.1, -0.05) is 50.9 Å². The predicted octanol–water partition coefficient (Wildman–Crippen LogP) is 3.16. The molecule has 6 N–H and O–H groups in total. The maximum absolute atomic E-state index is 13.2. The number of β-amino-alcohol motifs (C(OH)–C–C–N with tert-alkyl or cyclic N) is 2. The van der Waals surface area contributed by atoms with E-state index in [-0.39, 0.29) is 58.0 Å². The van der Waals surface area contributed by atoms with Crippen LogP contribution in [0.25, 0.3) is 0 Å². The van der Waals surface area contributed by atoms with Gasteiger partial charge in [-0.25, -0.2) is 18.4 Å². The summed E-state index contributed by atoms with van der Waals surface area (Å²) in [7, 11) is 3.50. The van der Waals surface area contributed by atoms with Gasteiger partial charge in [0.05, 0.1) is 33.4 Å². The van der Waals surface area contributed by atoms with Crippen molar-refractivity contribution in [1.29, 1.82) is 0 Å². The van der Waals surface area contributed by atoms with E-state index in [1.807, 2.05) is 0 Å². The van der Waals surface area contributed by atoms with Gasteiger partial charge in [-0.05, 0) is 61.1 Å². The van der Waals surface area contributed by atoms with E-state index in [1.54, 1.807) is 23.9 Å². The first kappa shape index (κ1) is 48.7. The lowest BCUT2D eigenvalue weighted by atomic mass is 10.0. The molecule has 0 spiro atoms. The SMILES string of the molecule is CC(C)[C@@H](CN1CC[C@H](O)C1)N(C)C(=O)c1ccc(F)cc1Cl.CC(C)[C@@H](CN1CC[C@H](O)C1)N(C)C(=O)c1ccc(F)cc1Cl.O=C(O)C(O)C(O)C(=O)O. The first-order chi connectivity index (χ1) is 26.0. The maximum Gasteiger partial charge on any atom is 0.335 e. The number of carboxylic acids is 2. The monoisotopic (exact) mass is 834 g/mol. The van der Waals surface area contributed by atoms with Gasteiger partial charge < -0.3 is 40.4 Å². The first-order valence-electron chi connectivity index (χ1n) is 18.1. The Labute approximate surface area is 335 Å². The summed E-state index contributed by atoms with van der Waals surface area (Å²) in [5.74, 6) is -4.38. The standard InChI is InChI=1S/2C17H24ClFN2O2.C4H6O6/c2*1-11(2)16(10-21-7-6-13(22)9-21)20(3)17(23)14-5-4-12(19)8-15(14)18;5-1(3(7)8)2(6)4(9)10/h2*4-5,8,11,13,16,22H,6-7,9-10H2,1-3H3;1-2,5-6H,(H,7,8)(H,9,10)/t2*13-,16+;/m00./s1. The summed E-state index contributed by atoms with van der Waals surface area (Å²) in [6, 6.07) is 7.64. The number of hydrogen-bond donors (Lipinski definition) is 6. The molecule has 0 aliphatic carbocycles. The number of nitrogens with zero attached hydrogens (tertiary/aromatic N) is 4. The molecule has 314 valence electrons. The molecule has 2 aliphatic rings. The Hall–Kier alpha value is -3.48. The second kappa shape index (κ2) is 22.5. The van der Waals surface area contributed by atoms with Crippen molar-refractivity contribution in [1.82, 2.24) is 19.6 Å². The van der Waals surface area contributed by atoms with Crippen LogP contribution in [0.4, 0.5) is 8.78 Å². The van der Waals surface area contributed by atoms with E-state index in [1.165, 1.54) is 24.3 Å². The summed E-state index contributed by atoms with van der Waals surface area (Å²) in [4.78, 5) is 52.7. The van der Waals surface area contributed by atoms with Gasteiger partial charge in [-0.15, -0.1) is 0 Å². The summed E-state index contributed by atoms with van der Waals surface area (Å²) < 4.78 is 26.3. The molecule has 0 saturated carbocycles. The number of carboxylic acid groups (broad SMARTS) is 2.